The Hall–Kier alpha value is -1.06. The molecule has 4 nitrogen and oxygen atoms in total. The quantitative estimate of drug-likeness (QED) is 0.444. The topological polar surface area (TPSA) is 58.2 Å². The highest BCUT2D eigenvalue weighted by Crippen LogP contribution is 1.10. The van der Waals surface area contributed by atoms with E-state index in [-0.39, 0.29) is 0 Å². The SMILES string of the molecule is CNC=O.CNC=O. The lowest BCUT2D eigenvalue weighted by Crippen LogP contribution is -1.98. The average Bonchev–Trinajstić information content (AvgIpc) is 1.88. The molecule has 0 spiro atoms. The van der Waals surface area contributed by atoms with Crippen LogP contribution < -0.4 is 10.6 Å². The van der Waals surface area contributed by atoms with Crippen molar-refractivity contribution in [2.45, 2.75) is 0 Å². The molecule has 0 aromatic carbocycles. The summed E-state index contributed by atoms with van der Waals surface area (Å²) < 4.78 is 0. The minimum absolute atomic E-state index is 0.625. The minimum Gasteiger partial charge on any atom is -0.362 e. The second kappa shape index (κ2) is 16.8. The van der Waals surface area contributed by atoms with E-state index in [4.69, 9.17) is 9.59 Å². The predicted molar refractivity (Wildman–Crippen MR) is 30.2 cm³/mol. The van der Waals surface area contributed by atoms with Crippen LogP contribution in [0.5, 0.6) is 0 Å². The molecular weight excluding hydrogens is 108 g/mol. The second-order valence-electron chi connectivity index (χ2n) is 0.813. The van der Waals surface area contributed by atoms with Gasteiger partial charge in [0.25, 0.3) is 0 Å². The van der Waals surface area contributed by atoms with Crippen molar-refractivity contribution in [1.82, 2.24) is 10.6 Å². The van der Waals surface area contributed by atoms with Crippen molar-refractivity contribution in [3.63, 3.8) is 0 Å². The van der Waals surface area contributed by atoms with Gasteiger partial charge in [0.05, 0.1) is 0 Å². The fourth-order valence-corrected chi connectivity index (χ4v) is 0. The summed E-state index contributed by atoms with van der Waals surface area (Å²) in [6.45, 7) is 0. The smallest absolute Gasteiger partial charge is 0.206 e. The zero-order valence-corrected chi connectivity index (χ0v) is 4.97. The Morgan fingerprint density at radius 1 is 1.00 bits per heavy atom. The molecule has 0 rings (SSSR count). The van der Waals surface area contributed by atoms with Gasteiger partial charge < -0.3 is 10.6 Å². The third-order valence-corrected chi connectivity index (χ3v) is 0.236. The Kier molecular flexibility index (Phi) is 21.0. The lowest BCUT2D eigenvalue weighted by Gasteiger charge is -1.64. The number of carbonyl (C=O) groups is 2. The summed E-state index contributed by atoms with van der Waals surface area (Å²) in [5.74, 6) is 0. The van der Waals surface area contributed by atoms with Gasteiger partial charge in [-0.3, -0.25) is 9.59 Å². The van der Waals surface area contributed by atoms with Crippen LogP contribution in [0.2, 0.25) is 0 Å². The third kappa shape index (κ3) is 86.8. The molecule has 0 aliphatic rings. The molecule has 0 saturated carbocycles. The first-order valence-electron chi connectivity index (χ1n) is 2.05. The normalized spacial score (nSPS) is 5.25. The van der Waals surface area contributed by atoms with E-state index in [0.29, 0.717) is 12.8 Å². The summed E-state index contributed by atoms with van der Waals surface area (Å²) in [6.07, 6.45) is 1.25. The molecule has 8 heavy (non-hydrogen) atoms. The maximum atomic E-state index is 9.06. The molecule has 2 N–H and O–H groups in total. The molecule has 0 aromatic rings. The van der Waals surface area contributed by atoms with E-state index in [0.717, 1.165) is 0 Å². The third-order valence-electron chi connectivity index (χ3n) is 0.236. The second-order valence-corrected chi connectivity index (χ2v) is 0.813. The standard InChI is InChI=1S/2C2H5NO/c2*1-3-2-4/h2*2H,1H3,(H,3,4). The number of carbonyl (C=O) groups excluding carboxylic acids is 2. The average molecular weight is 118 g/mol. The van der Waals surface area contributed by atoms with Crippen LogP contribution >= 0.6 is 0 Å². The molecule has 2 amide bonds. The molecule has 0 aliphatic carbocycles. The Morgan fingerprint density at radius 2 is 1.12 bits per heavy atom. The van der Waals surface area contributed by atoms with Crippen molar-refractivity contribution in [3.05, 3.63) is 0 Å². The molecule has 0 fully saturated rings. The summed E-state index contributed by atoms with van der Waals surface area (Å²) in [5, 5.41) is 4.50. The zero-order valence-electron chi connectivity index (χ0n) is 4.97. The fraction of sp³-hybridized carbons (Fsp3) is 0.500. The summed E-state index contributed by atoms with van der Waals surface area (Å²) in [6, 6.07) is 0. The van der Waals surface area contributed by atoms with Gasteiger partial charge in [0.2, 0.25) is 12.8 Å². The molecule has 0 aliphatic heterocycles. The molecule has 4 heteroatoms. The highest BCUT2D eigenvalue weighted by Gasteiger charge is 1.43. The number of nitrogens with one attached hydrogen (secondary N) is 2. The van der Waals surface area contributed by atoms with Crippen molar-refractivity contribution in [2.24, 2.45) is 0 Å². The van der Waals surface area contributed by atoms with Gasteiger partial charge in [-0.1, -0.05) is 0 Å². The van der Waals surface area contributed by atoms with Gasteiger partial charge in [-0.25, -0.2) is 0 Å². The van der Waals surface area contributed by atoms with Crippen molar-refractivity contribution in [3.8, 4) is 0 Å². The van der Waals surface area contributed by atoms with E-state index >= 15 is 0 Å². The van der Waals surface area contributed by atoms with Gasteiger partial charge in [0.1, 0.15) is 0 Å². The molecule has 0 heterocycles. The van der Waals surface area contributed by atoms with Crippen molar-refractivity contribution in [2.75, 3.05) is 14.1 Å². The van der Waals surface area contributed by atoms with Gasteiger partial charge in [-0.15, -0.1) is 0 Å². The molecule has 0 atom stereocenters. The molecule has 48 valence electrons. The highest BCUT2D eigenvalue weighted by atomic mass is 16.1. The minimum atomic E-state index is 0.625. The predicted octanol–water partition coefficient (Wildman–Crippen LogP) is -1.28. The van der Waals surface area contributed by atoms with Gasteiger partial charge >= 0.3 is 0 Å². The summed E-state index contributed by atoms with van der Waals surface area (Å²) in [4.78, 5) is 18.1. The van der Waals surface area contributed by atoms with Crippen molar-refractivity contribution in [1.29, 1.82) is 0 Å². The Bertz CT molecular complexity index is 48.0. The maximum Gasteiger partial charge on any atom is 0.206 e. The lowest BCUT2D eigenvalue weighted by molar-refractivity contribution is -0.109. The molecule has 0 radical (unpaired) electrons. The van der Waals surface area contributed by atoms with E-state index in [1.165, 1.54) is 0 Å². The van der Waals surface area contributed by atoms with Crippen LogP contribution in [0.15, 0.2) is 0 Å². The van der Waals surface area contributed by atoms with Crippen LogP contribution in [0.4, 0.5) is 0 Å². The Morgan fingerprint density at radius 3 is 1.12 bits per heavy atom. The van der Waals surface area contributed by atoms with Crippen molar-refractivity contribution >= 4 is 12.8 Å². The molecule has 0 bridgehead atoms. The molecule has 0 saturated heterocycles. The van der Waals surface area contributed by atoms with Gasteiger partial charge in [-0.05, 0) is 0 Å². The van der Waals surface area contributed by atoms with E-state index < -0.39 is 0 Å². The number of hydrogen-bond acceptors (Lipinski definition) is 2. The highest BCUT2D eigenvalue weighted by molar-refractivity contribution is 5.45. The molecule has 0 unspecified atom stereocenters. The first-order chi connectivity index (χ1) is 3.83. The van der Waals surface area contributed by atoms with Crippen LogP contribution in [-0.4, -0.2) is 26.9 Å². The van der Waals surface area contributed by atoms with E-state index in [9.17, 15) is 0 Å². The Balaban J connectivity index is 0. The van der Waals surface area contributed by atoms with Crippen molar-refractivity contribution < 1.29 is 9.59 Å². The monoisotopic (exact) mass is 118 g/mol. The van der Waals surface area contributed by atoms with Gasteiger partial charge in [-0.2, -0.15) is 0 Å². The zero-order chi connectivity index (χ0) is 6.83. The number of amides is 2. The molecular formula is C4H10N2O2. The van der Waals surface area contributed by atoms with E-state index in [2.05, 4.69) is 10.6 Å². The largest absolute Gasteiger partial charge is 0.362 e. The van der Waals surface area contributed by atoms with Gasteiger partial charge in [0.15, 0.2) is 0 Å². The maximum absolute atomic E-state index is 9.06. The van der Waals surface area contributed by atoms with Crippen LogP contribution in [-0.2, 0) is 9.59 Å². The van der Waals surface area contributed by atoms with Crippen LogP contribution in [0.1, 0.15) is 0 Å². The fourth-order valence-electron chi connectivity index (χ4n) is 0. The number of hydrogen-bond donors (Lipinski definition) is 2. The van der Waals surface area contributed by atoms with Crippen LogP contribution in [0.3, 0.4) is 0 Å². The Labute approximate surface area is 48.3 Å². The van der Waals surface area contributed by atoms with E-state index in [1.807, 2.05) is 0 Å². The van der Waals surface area contributed by atoms with Gasteiger partial charge in [0, 0.05) is 14.1 Å². The van der Waals surface area contributed by atoms with E-state index in [1.54, 1.807) is 14.1 Å². The summed E-state index contributed by atoms with van der Waals surface area (Å²) >= 11 is 0. The number of rotatable bonds is 2. The molecule has 0 aromatic heterocycles. The van der Waals surface area contributed by atoms with Crippen LogP contribution in [0, 0.1) is 0 Å². The first kappa shape index (κ1) is 10.0. The first-order valence-corrected chi connectivity index (χ1v) is 2.05. The lowest BCUT2D eigenvalue weighted by atomic mass is 11.2. The van der Waals surface area contributed by atoms with Crippen LogP contribution in [0.25, 0.3) is 0 Å². The summed E-state index contributed by atoms with van der Waals surface area (Å²) in [7, 11) is 3.12. The summed E-state index contributed by atoms with van der Waals surface area (Å²) in [5.41, 5.74) is 0.